The van der Waals surface area contributed by atoms with Gasteiger partial charge in [-0.15, -0.1) is 0 Å². The molecule has 2 heterocycles. The largest absolute Gasteiger partial charge is 0.373 e. The first-order chi connectivity index (χ1) is 8.27. The molecule has 1 unspecified atom stereocenters. The maximum absolute atomic E-state index is 4.51. The normalized spacial score (nSPS) is 19.7. The molecule has 1 aliphatic rings. The predicted octanol–water partition coefficient (Wildman–Crippen LogP) is 2.46. The Morgan fingerprint density at radius 2 is 2.29 bits per heavy atom. The lowest BCUT2D eigenvalue weighted by Crippen LogP contribution is -2.28. The molecule has 0 aromatic carbocycles. The van der Waals surface area contributed by atoms with E-state index < -0.39 is 0 Å². The second-order valence-electron chi connectivity index (χ2n) is 4.71. The Hall–Kier alpha value is -1.32. The van der Waals surface area contributed by atoms with Gasteiger partial charge in [-0.3, -0.25) is 0 Å². The molecule has 0 bridgehead atoms. The summed E-state index contributed by atoms with van der Waals surface area (Å²) < 4.78 is 0. The summed E-state index contributed by atoms with van der Waals surface area (Å²) >= 11 is 0. The standard InChI is InChI=1S/C13H22N4/c1-4-6-11-12(14-3)15-9-16-13(11)17-8-5-7-10(17)2/h9-10H,4-8H2,1-3H3,(H,14,15,16). The van der Waals surface area contributed by atoms with Crippen molar-refractivity contribution in [3.05, 3.63) is 11.9 Å². The van der Waals surface area contributed by atoms with Gasteiger partial charge >= 0.3 is 0 Å². The number of anilines is 2. The fraction of sp³-hybridized carbons (Fsp3) is 0.692. The van der Waals surface area contributed by atoms with Crippen LogP contribution in [0.25, 0.3) is 0 Å². The lowest BCUT2D eigenvalue weighted by atomic mass is 10.1. The summed E-state index contributed by atoms with van der Waals surface area (Å²) in [5, 5.41) is 3.18. The topological polar surface area (TPSA) is 41.1 Å². The van der Waals surface area contributed by atoms with E-state index in [1.807, 2.05) is 7.05 Å². The van der Waals surface area contributed by atoms with Gasteiger partial charge in [-0.1, -0.05) is 13.3 Å². The van der Waals surface area contributed by atoms with Crippen LogP contribution >= 0.6 is 0 Å². The summed E-state index contributed by atoms with van der Waals surface area (Å²) in [6.45, 7) is 5.60. The molecule has 0 saturated carbocycles. The summed E-state index contributed by atoms with van der Waals surface area (Å²) in [6, 6.07) is 0.602. The molecule has 1 aromatic rings. The molecule has 0 spiro atoms. The van der Waals surface area contributed by atoms with Crippen LogP contribution in [-0.4, -0.2) is 29.6 Å². The first-order valence-electron chi connectivity index (χ1n) is 6.56. The van der Waals surface area contributed by atoms with Crippen LogP contribution in [0.4, 0.5) is 11.6 Å². The number of rotatable bonds is 4. The van der Waals surface area contributed by atoms with Crippen LogP contribution in [0.3, 0.4) is 0 Å². The molecule has 1 atom stereocenters. The lowest BCUT2D eigenvalue weighted by Gasteiger charge is -2.25. The molecule has 1 aromatic heterocycles. The van der Waals surface area contributed by atoms with Gasteiger partial charge in [-0.2, -0.15) is 0 Å². The smallest absolute Gasteiger partial charge is 0.137 e. The van der Waals surface area contributed by atoms with Crippen molar-refractivity contribution >= 4 is 11.6 Å². The second kappa shape index (κ2) is 5.34. The highest BCUT2D eigenvalue weighted by Crippen LogP contribution is 2.30. The Bertz CT molecular complexity index is 378. The van der Waals surface area contributed by atoms with Crippen molar-refractivity contribution in [1.82, 2.24) is 9.97 Å². The molecule has 1 fully saturated rings. The van der Waals surface area contributed by atoms with E-state index in [4.69, 9.17) is 0 Å². The summed E-state index contributed by atoms with van der Waals surface area (Å²) in [5.74, 6) is 2.12. The van der Waals surface area contributed by atoms with Crippen LogP contribution in [0.2, 0.25) is 0 Å². The number of hydrogen-bond donors (Lipinski definition) is 1. The number of hydrogen-bond acceptors (Lipinski definition) is 4. The third-order valence-corrected chi connectivity index (χ3v) is 3.48. The molecular formula is C13H22N4. The molecule has 1 saturated heterocycles. The minimum Gasteiger partial charge on any atom is -0.373 e. The fourth-order valence-corrected chi connectivity index (χ4v) is 2.59. The maximum atomic E-state index is 4.51. The monoisotopic (exact) mass is 234 g/mol. The third-order valence-electron chi connectivity index (χ3n) is 3.48. The molecule has 1 N–H and O–H groups in total. The zero-order valence-corrected chi connectivity index (χ0v) is 11.0. The van der Waals surface area contributed by atoms with Crippen molar-refractivity contribution in [3.8, 4) is 0 Å². The van der Waals surface area contributed by atoms with Gasteiger partial charge in [-0.25, -0.2) is 9.97 Å². The van der Waals surface area contributed by atoms with Gasteiger partial charge in [0.2, 0.25) is 0 Å². The molecule has 4 heteroatoms. The Balaban J connectivity index is 2.37. The van der Waals surface area contributed by atoms with E-state index in [1.54, 1.807) is 6.33 Å². The van der Waals surface area contributed by atoms with Crippen LogP contribution in [0.1, 0.15) is 38.7 Å². The SMILES string of the molecule is CCCc1c(NC)ncnc1N1CCCC1C. The highest BCUT2D eigenvalue weighted by atomic mass is 15.2. The van der Waals surface area contributed by atoms with Gasteiger partial charge in [0.05, 0.1) is 0 Å². The number of aromatic nitrogens is 2. The van der Waals surface area contributed by atoms with Gasteiger partial charge in [-0.05, 0) is 26.2 Å². The van der Waals surface area contributed by atoms with Crippen LogP contribution in [0.5, 0.6) is 0 Å². The van der Waals surface area contributed by atoms with E-state index in [0.717, 1.165) is 31.0 Å². The van der Waals surface area contributed by atoms with Crippen LogP contribution in [0, 0.1) is 0 Å². The molecule has 0 radical (unpaired) electrons. The minimum atomic E-state index is 0.602. The van der Waals surface area contributed by atoms with E-state index in [-0.39, 0.29) is 0 Å². The Morgan fingerprint density at radius 1 is 1.47 bits per heavy atom. The quantitative estimate of drug-likeness (QED) is 0.869. The maximum Gasteiger partial charge on any atom is 0.137 e. The molecule has 2 rings (SSSR count). The first-order valence-corrected chi connectivity index (χ1v) is 6.56. The average Bonchev–Trinajstić information content (AvgIpc) is 2.76. The van der Waals surface area contributed by atoms with Crippen LogP contribution in [0.15, 0.2) is 6.33 Å². The van der Waals surface area contributed by atoms with Gasteiger partial charge in [0.15, 0.2) is 0 Å². The summed E-state index contributed by atoms with van der Waals surface area (Å²) in [6.07, 6.45) is 6.37. The average molecular weight is 234 g/mol. The predicted molar refractivity (Wildman–Crippen MR) is 71.6 cm³/mol. The van der Waals surface area contributed by atoms with E-state index in [9.17, 15) is 0 Å². The molecule has 0 amide bonds. The number of nitrogens with one attached hydrogen (secondary N) is 1. The first kappa shape index (κ1) is 12.1. The fourth-order valence-electron chi connectivity index (χ4n) is 2.59. The van der Waals surface area contributed by atoms with E-state index in [1.165, 1.54) is 18.4 Å². The summed E-state index contributed by atoms with van der Waals surface area (Å²) in [4.78, 5) is 11.3. The summed E-state index contributed by atoms with van der Waals surface area (Å²) in [7, 11) is 1.93. The molecule has 4 nitrogen and oxygen atoms in total. The molecule has 17 heavy (non-hydrogen) atoms. The highest BCUT2D eigenvalue weighted by Gasteiger charge is 2.24. The number of nitrogens with zero attached hydrogens (tertiary/aromatic N) is 3. The van der Waals surface area contributed by atoms with Gasteiger partial charge in [0, 0.05) is 25.2 Å². The summed E-state index contributed by atoms with van der Waals surface area (Å²) in [5.41, 5.74) is 1.27. The molecule has 0 aliphatic carbocycles. The Kier molecular flexibility index (Phi) is 3.82. The molecule has 94 valence electrons. The van der Waals surface area contributed by atoms with E-state index in [0.29, 0.717) is 6.04 Å². The van der Waals surface area contributed by atoms with Gasteiger partial charge in [0.25, 0.3) is 0 Å². The van der Waals surface area contributed by atoms with Gasteiger partial charge < -0.3 is 10.2 Å². The Labute approximate surface area is 103 Å². The van der Waals surface area contributed by atoms with Crippen molar-refractivity contribution in [2.45, 2.75) is 45.6 Å². The van der Waals surface area contributed by atoms with Crippen LogP contribution < -0.4 is 10.2 Å². The molecular weight excluding hydrogens is 212 g/mol. The lowest BCUT2D eigenvalue weighted by molar-refractivity contribution is 0.719. The van der Waals surface area contributed by atoms with Crippen molar-refractivity contribution in [2.24, 2.45) is 0 Å². The third kappa shape index (κ3) is 2.35. The van der Waals surface area contributed by atoms with Crippen LogP contribution in [-0.2, 0) is 6.42 Å². The molecule has 1 aliphatic heterocycles. The highest BCUT2D eigenvalue weighted by molar-refractivity contribution is 5.59. The van der Waals surface area contributed by atoms with Crippen molar-refractivity contribution < 1.29 is 0 Å². The zero-order chi connectivity index (χ0) is 12.3. The van der Waals surface area contributed by atoms with Gasteiger partial charge in [0.1, 0.15) is 18.0 Å². The van der Waals surface area contributed by atoms with E-state index >= 15 is 0 Å². The van der Waals surface area contributed by atoms with Crippen molar-refractivity contribution in [1.29, 1.82) is 0 Å². The van der Waals surface area contributed by atoms with Crippen molar-refractivity contribution in [3.63, 3.8) is 0 Å². The Morgan fingerprint density at radius 3 is 2.88 bits per heavy atom. The zero-order valence-electron chi connectivity index (χ0n) is 11.0. The van der Waals surface area contributed by atoms with Crippen molar-refractivity contribution in [2.75, 3.05) is 23.8 Å². The second-order valence-corrected chi connectivity index (χ2v) is 4.71. The van der Waals surface area contributed by atoms with E-state index in [2.05, 4.69) is 34.0 Å². The minimum absolute atomic E-state index is 0.602.